The van der Waals surface area contributed by atoms with Crippen LogP contribution in [0.25, 0.3) is 0 Å². The molecule has 0 atom stereocenters. The Kier molecular flexibility index (Phi) is 4.27. The number of hydrogen-bond donors (Lipinski definition) is 2. The van der Waals surface area contributed by atoms with Gasteiger partial charge in [0.25, 0.3) is 5.91 Å². The largest absolute Gasteiger partial charge is 0.357 e. The highest BCUT2D eigenvalue weighted by atomic mass is 32.2. The number of rotatable bonds is 4. The van der Waals surface area contributed by atoms with Crippen LogP contribution in [0.1, 0.15) is 31.3 Å². The number of carbonyl (C=O) groups is 1. The zero-order valence-electron chi connectivity index (χ0n) is 9.46. The molecular weight excluding hydrogens is 208 g/mol. The van der Waals surface area contributed by atoms with E-state index in [-0.39, 0.29) is 10.7 Å². The molecule has 0 aliphatic rings. The fourth-order valence-corrected chi connectivity index (χ4v) is 1.91. The second-order valence-electron chi connectivity index (χ2n) is 4.30. The SMILES string of the molecule is CC(C)(C)SCCNC(=O)c1ccc[nH]1. The highest BCUT2D eigenvalue weighted by molar-refractivity contribution is 8.00. The van der Waals surface area contributed by atoms with Crippen molar-refractivity contribution in [3.05, 3.63) is 24.0 Å². The number of carbonyl (C=O) groups excluding carboxylic acids is 1. The van der Waals surface area contributed by atoms with E-state index in [2.05, 4.69) is 31.1 Å². The molecule has 0 aromatic carbocycles. The lowest BCUT2D eigenvalue weighted by molar-refractivity contribution is 0.0952. The van der Waals surface area contributed by atoms with Crippen LogP contribution in [0.15, 0.2) is 18.3 Å². The minimum atomic E-state index is -0.0329. The van der Waals surface area contributed by atoms with Crippen molar-refractivity contribution in [2.45, 2.75) is 25.5 Å². The molecule has 0 unspecified atom stereocenters. The average Bonchev–Trinajstić information content (AvgIpc) is 2.63. The molecule has 1 aromatic rings. The van der Waals surface area contributed by atoms with Gasteiger partial charge in [-0.1, -0.05) is 20.8 Å². The lowest BCUT2D eigenvalue weighted by Crippen LogP contribution is -2.27. The molecule has 1 aromatic heterocycles. The number of thioether (sulfide) groups is 1. The van der Waals surface area contributed by atoms with Crippen LogP contribution < -0.4 is 5.32 Å². The quantitative estimate of drug-likeness (QED) is 0.774. The summed E-state index contributed by atoms with van der Waals surface area (Å²) >= 11 is 1.85. The Morgan fingerprint density at radius 1 is 1.53 bits per heavy atom. The van der Waals surface area contributed by atoms with Crippen molar-refractivity contribution in [2.75, 3.05) is 12.3 Å². The summed E-state index contributed by atoms with van der Waals surface area (Å²) in [4.78, 5) is 14.4. The number of H-pyrrole nitrogens is 1. The highest BCUT2D eigenvalue weighted by Gasteiger charge is 2.10. The van der Waals surface area contributed by atoms with Crippen LogP contribution in [0, 0.1) is 0 Å². The summed E-state index contributed by atoms with van der Waals surface area (Å²) in [5, 5.41) is 2.87. The van der Waals surface area contributed by atoms with Gasteiger partial charge in [0.2, 0.25) is 0 Å². The van der Waals surface area contributed by atoms with Gasteiger partial charge in [-0.05, 0) is 12.1 Å². The fourth-order valence-electron chi connectivity index (χ4n) is 1.09. The van der Waals surface area contributed by atoms with Gasteiger partial charge in [0, 0.05) is 23.2 Å². The fraction of sp³-hybridized carbons (Fsp3) is 0.545. The van der Waals surface area contributed by atoms with Gasteiger partial charge >= 0.3 is 0 Å². The van der Waals surface area contributed by atoms with Gasteiger partial charge in [0.15, 0.2) is 0 Å². The van der Waals surface area contributed by atoms with E-state index in [4.69, 9.17) is 0 Å². The lowest BCUT2D eigenvalue weighted by Gasteiger charge is -2.17. The zero-order valence-corrected chi connectivity index (χ0v) is 10.3. The first-order valence-electron chi connectivity index (χ1n) is 5.04. The van der Waals surface area contributed by atoms with E-state index in [9.17, 15) is 4.79 Å². The Morgan fingerprint density at radius 2 is 2.27 bits per heavy atom. The monoisotopic (exact) mass is 226 g/mol. The molecule has 4 heteroatoms. The number of nitrogens with one attached hydrogen (secondary N) is 2. The van der Waals surface area contributed by atoms with Crippen LogP contribution in [0.4, 0.5) is 0 Å². The van der Waals surface area contributed by atoms with E-state index in [1.165, 1.54) is 0 Å². The predicted octanol–water partition coefficient (Wildman–Crippen LogP) is 2.28. The van der Waals surface area contributed by atoms with Gasteiger partial charge < -0.3 is 10.3 Å². The first-order chi connectivity index (χ1) is 6.99. The van der Waals surface area contributed by atoms with Crippen LogP contribution in [0.5, 0.6) is 0 Å². The number of aromatic amines is 1. The molecule has 0 radical (unpaired) electrons. The molecule has 0 spiro atoms. The van der Waals surface area contributed by atoms with Crippen molar-refractivity contribution in [3.63, 3.8) is 0 Å². The summed E-state index contributed by atoms with van der Waals surface area (Å²) in [6, 6.07) is 3.59. The molecule has 0 saturated heterocycles. The van der Waals surface area contributed by atoms with Crippen LogP contribution in [0.2, 0.25) is 0 Å². The molecule has 0 aliphatic heterocycles. The molecule has 15 heavy (non-hydrogen) atoms. The molecule has 2 N–H and O–H groups in total. The van der Waals surface area contributed by atoms with Gasteiger partial charge in [0.1, 0.15) is 5.69 Å². The van der Waals surface area contributed by atoms with Crippen molar-refractivity contribution < 1.29 is 4.79 Å². The third-order valence-electron chi connectivity index (χ3n) is 1.77. The van der Waals surface area contributed by atoms with Gasteiger partial charge in [-0.2, -0.15) is 11.8 Å². The minimum absolute atomic E-state index is 0.0329. The van der Waals surface area contributed by atoms with Crippen LogP contribution in [-0.2, 0) is 0 Å². The third-order valence-corrected chi connectivity index (χ3v) is 3.04. The molecule has 0 aliphatic carbocycles. The molecule has 1 heterocycles. The van der Waals surface area contributed by atoms with Crippen molar-refractivity contribution in [2.24, 2.45) is 0 Å². The maximum Gasteiger partial charge on any atom is 0.267 e. The summed E-state index contributed by atoms with van der Waals surface area (Å²) in [5.74, 6) is 0.908. The molecule has 0 saturated carbocycles. The molecule has 0 fully saturated rings. The topological polar surface area (TPSA) is 44.9 Å². The number of hydrogen-bond acceptors (Lipinski definition) is 2. The third kappa shape index (κ3) is 4.93. The Hall–Kier alpha value is -0.900. The van der Waals surface area contributed by atoms with Crippen molar-refractivity contribution in [3.8, 4) is 0 Å². The molecule has 84 valence electrons. The molecular formula is C11H18N2OS. The second kappa shape index (κ2) is 5.26. The maximum atomic E-state index is 11.5. The number of aromatic nitrogens is 1. The Labute approximate surface area is 95.0 Å². The summed E-state index contributed by atoms with van der Waals surface area (Å²) in [5.41, 5.74) is 0.621. The van der Waals surface area contributed by atoms with Crippen LogP contribution >= 0.6 is 11.8 Å². The smallest absolute Gasteiger partial charge is 0.267 e. The summed E-state index contributed by atoms with van der Waals surface area (Å²) in [6.07, 6.45) is 1.75. The maximum absolute atomic E-state index is 11.5. The van der Waals surface area contributed by atoms with E-state index in [0.29, 0.717) is 12.2 Å². The Bertz CT molecular complexity index is 301. The first kappa shape index (κ1) is 12.2. The first-order valence-corrected chi connectivity index (χ1v) is 6.03. The predicted molar refractivity (Wildman–Crippen MR) is 65.3 cm³/mol. The van der Waals surface area contributed by atoms with E-state index >= 15 is 0 Å². The Morgan fingerprint density at radius 3 is 2.80 bits per heavy atom. The van der Waals surface area contributed by atoms with Gasteiger partial charge in [-0.15, -0.1) is 0 Å². The zero-order chi connectivity index (χ0) is 11.3. The van der Waals surface area contributed by atoms with Crippen molar-refractivity contribution in [1.82, 2.24) is 10.3 Å². The van der Waals surface area contributed by atoms with Crippen LogP contribution in [0.3, 0.4) is 0 Å². The lowest BCUT2D eigenvalue weighted by atomic mass is 10.3. The summed E-state index contributed by atoms with van der Waals surface area (Å²) in [7, 11) is 0. The highest BCUT2D eigenvalue weighted by Crippen LogP contribution is 2.21. The van der Waals surface area contributed by atoms with Crippen LogP contribution in [-0.4, -0.2) is 27.9 Å². The van der Waals surface area contributed by atoms with Crippen molar-refractivity contribution in [1.29, 1.82) is 0 Å². The van der Waals surface area contributed by atoms with E-state index in [1.54, 1.807) is 12.3 Å². The van der Waals surface area contributed by atoms with Gasteiger partial charge in [0.05, 0.1) is 0 Å². The molecule has 0 bridgehead atoms. The molecule has 1 amide bonds. The number of amides is 1. The van der Waals surface area contributed by atoms with E-state index < -0.39 is 0 Å². The summed E-state index contributed by atoms with van der Waals surface area (Å²) < 4.78 is 0.261. The Balaban J connectivity index is 2.19. The minimum Gasteiger partial charge on any atom is -0.357 e. The normalized spacial score (nSPS) is 11.4. The van der Waals surface area contributed by atoms with E-state index in [1.807, 2.05) is 17.8 Å². The summed E-state index contributed by atoms with van der Waals surface area (Å²) in [6.45, 7) is 7.22. The second-order valence-corrected chi connectivity index (χ2v) is 6.22. The molecule has 1 rings (SSSR count). The van der Waals surface area contributed by atoms with Gasteiger partial charge in [-0.3, -0.25) is 4.79 Å². The van der Waals surface area contributed by atoms with Crippen molar-refractivity contribution >= 4 is 17.7 Å². The average molecular weight is 226 g/mol. The molecule has 3 nitrogen and oxygen atoms in total. The van der Waals surface area contributed by atoms with Gasteiger partial charge in [-0.25, -0.2) is 0 Å². The van der Waals surface area contributed by atoms with E-state index in [0.717, 1.165) is 5.75 Å². The standard InChI is InChI=1S/C11H18N2OS/c1-11(2,3)15-8-7-13-10(14)9-5-4-6-12-9/h4-6,12H,7-8H2,1-3H3,(H,13,14).